The Balaban J connectivity index is 1.49. The third kappa shape index (κ3) is 5.23. The molecule has 8 heteroatoms. The van der Waals surface area contributed by atoms with Crippen LogP contribution < -0.4 is 0 Å². The summed E-state index contributed by atoms with van der Waals surface area (Å²) in [6.45, 7) is 3.78. The molecule has 1 aromatic carbocycles. The number of amides is 2. The van der Waals surface area contributed by atoms with E-state index in [1.165, 1.54) is 22.3 Å². The van der Waals surface area contributed by atoms with E-state index in [9.17, 15) is 24.9 Å². The number of hydrogen-bond donors (Lipinski definition) is 3. The summed E-state index contributed by atoms with van der Waals surface area (Å²) in [6.07, 6.45) is 2.49. The lowest BCUT2D eigenvalue weighted by atomic mass is 9.68. The molecule has 1 aromatic heterocycles. The van der Waals surface area contributed by atoms with Gasteiger partial charge in [0, 0.05) is 10.8 Å². The van der Waals surface area contributed by atoms with E-state index in [1.54, 1.807) is 12.1 Å². The first-order valence-electron chi connectivity index (χ1n) is 11.7. The van der Waals surface area contributed by atoms with Gasteiger partial charge in [-0.05, 0) is 73.9 Å². The second-order valence-electron chi connectivity index (χ2n) is 9.45. The molecule has 4 rings (SSSR count). The van der Waals surface area contributed by atoms with Gasteiger partial charge in [0.2, 0.25) is 11.8 Å². The van der Waals surface area contributed by atoms with Crippen molar-refractivity contribution in [1.29, 1.82) is 0 Å². The topological polar surface area (TPSA) is 98.1 Å². The minimum Gasteiger partial charge on any atom is -0.508 e. The van der Waals surface area contributed by atoms with Gasteiger partial charge in [-0.15, -0.1) is 11.3 Å². The highest BCUT2D eigenvalue weighted by molar-refractivity contribution is 7.09. The lowest BCUT2D eigenvalue weighted by Crippen LogP contribution is -2.38. The molecule has 0 saturated carbocycles. The number of carbonyl (C=O) groups is 2. The number of hydrogen-bond acceptors (Lipinski definition) is 6. The number of imide groups is 1. The lowest BCUT2D eigenvalue weighted by molar-refractivity contribution is -0.140. The van der Waals surface area contributed by atoms with Crippen molar-refractivity contribution >= 4 is 40.8 Å². The second-order valence-corrected chi connectivity index (χ2v) is 10.9. The minimum absolute atomic E-state index is 0.0992. The first kappa shape index (κ1) is 25.6. The molecule has 2 amide bonds. The first-order chi connectivity index (χ1) is 16.7. The highest BCUT2D eigenvalue weighted by atomic mass is 35.5. The van der Waals surface area contributed by atoms with Gasteiger partial charge in [0.15, 0.2) is 0 Å². The fourth-order valence-corrected chi connectivity index (χ4v) is 6.31. The average Bonchev–Trinajstić information content (AvgIpc) is 3.41. The summed E-state index contributed by atoms with van der Waals surface area (Å²) in [7, 11) is 0. The second kappa shape index (κ2) is 10.7. The highest BCUT2D eigenvalue weighted by Crippen LogP contribution is 2.46. The number of aromatic hydroxyl groups is 1. The maximum absolute atomic E-state index is 13.3. The Morgan fingerprint density at radius 3 is 2.71 bits per heavy atom. The van der Waals surface area contributed by atoms with E-state index in [0.29, 0.717) is 29.9 Å². The Morgan fingerprint density at radius 1 is 1.29 bits per heavy atom. The van der Waals surface area contributed by atoms with E-state index in [-0.39, 0.29) is 30.7 Å². The van der Waals surface area contributed by atoms with Gasteiger partial charge in [0.1, 0.15) is 5.75 Å². The van der Waals surface area contributed by atoms with E-state index in [1.807, 2.05) is 37.4 Å². The maximum Gasteiger partial charge on any atom is 0.234 e. The van der Waals surface area contributed by atoms with Crippen LogP contribution in [0.3, 0.4) is 0 Å². The molecule has 0 unspecified atom stereocenters. The van der Waals surface area contributed by atoms with Crippen LogP contribution in [-0.4, -0.2) is 44.7 Å². The lowest BCUT2D eigenvalue weighted by Gasteiger charge is -2.35. The molecule has 1 saturated heterocycles. The van der Waals surface area contributed by atoms with Crippen molar-refractivity contribution in [2.24, 2.45) is 17.8 Å². The zero-order valence-corrected chi connectivity index (χ0v) is 21.4. The van der Waals surface area contributed by atoms with E-state index in [2.05, 4.69) is 0 Å². The zero-order valence-electron chi connectivity index (χ0n) is 19.8. The van der Waals surface area contributed by atoms with E-state index < -0.39 is 23.9 Å². The summed E-state index contributed by atoms with van der Waals surface area (Å²) in [4.78, 5) is 28.7. The number of aliphatic hydroxyl groups is 2. The maximum atomic E-state index is 13.3. The number of fused-ring (bicyclic) bond motifs is 1. The fourth-order valence-electron chi connectivity index (χ4n) is 5.39. The number of allylic oxidation sites excluding steroid dienone is 2. The van der Waals surface area contributed by atoms with Crippen molar-refractivity contribution in [1.82, 2.24) is 4.90 Å². The Labute approximate surface area is 214 Å². The molecule has 2 heterocycles. The molecule has 35 heavy (non-hydrogen) atoms. The van der Waals surface area contributed by atoms with E-state index in [0.717, 1.165) is 21.6 Å². The van der Waals surface area contributed by atoms with E-state index >= 15 is 0 Å². The predicted octanol–water partition coefficient (Wildman–Crippen LogP) is 4.78. The van der Waals surface area contributed by atoms with Crippen molar-refractivity contribution in [3.63, 3.8) is 0 Å². The van der Waals surface area contributed by atoms with Crippen LogP contribution >= 0.6 is 22.9 Å². The van der Waals surface area contributed by atoms with Crippen molar-refractivity contribution in [2.75, 3.05) is 6.61 Å². The van der Waals surface area contributed by atoms with Gasteiger partial charge in [0.25, 0.3) is 0 Å². The van der Waals surface area contributed by atoms with Gasteiger partial charge in [-0.25, -0.2) is 0 Å². The molecule has 2 aliphatic rings. The normalized spacial score (nSPS) is 23.7. The number of carbonyl (C=O) groups excluding carboxylic acids is 2. The van der Waals surface area contributed by atoms with Crippen molar-refractivity contribution in [3.05, 3.63) is 67.9 Å². The molecular weight excluding hydrogens is 486 g/mol. The molecule has 3 N–H and O–H groups in total. The number of thiophene rings is 1. The molecule has 4 atom stereocenters. The molecule has 0 radical (unpaired) electrons. The Morgan fingerprint density at radius 2 is 2.06 bits per heavy atom. The Kier molecular flexibility index (Phi) is 7.81. The summed E-state index contributed by atoms with van der Waals surface area (Å²) >= 11 is 7.70. The first-order valence-corrected chi connectivity index (χ1v) is 13.0. The molecule has 1 fully saturated rings. The van der Waals surface area contributed by atoms with Gasteiger partial charge in [-0.1, -0.05) is 34.9 Å². The SMILES string of the molecule is CC1=C([C@H](O)CC/C(C)=C/c2ccc(O)cc2Cl)[C@H](CO)[C@@H]2C(=O)N(Cc3cccs3)C(=O)[C@@H]2C1. The quantitative estimate of drug-likeness (QED) is 0.347. The molecule has 0 spiro atoms. The van der Waals surface area contributed by atoms with Gasteiger partial charge in [-0.2, -0.15) is 0 Å². The Hall–Kier alpha value is -2.45. The monoisotopic (exact) mass is 515 g/mol. The van der Waals surface area contributed by atoms with Crippen molar-refractivity contribution in [2.45, 2.75) is 45.8 Å². The standard InChI is InChI=1S/C27H30ClNO5S/c1-15(10-17-6-7-18(31)12-22(17)28)5-8-23(32)24-16(2)11-20-25(21(24)14-30)27(34)29(26(20)33)13-19-4-3-9-35-19/h3-4,6-7,9-10,12,20-21,23,25,30-32H,5,8,11,13-14H2,1-2H3/b15-10+/t20-,21+,23-,25-/m1/s1. The number of benzene rings is 1. The van der Waals surface area contributed by atoms with Gasteiger partial charge in [0.05, 0.1) is 36.1 Å². The number of aliphatic hydroxyl groups excluding tert-OH is 2. The van der Waals surface area contributed by atoms with E-state index in [4.69, 9.17) is 11.6 Å². The molecule has 0 bridgehead atoms. The summed E-state index contributed by atoms with van der Waals surface area (Å²) in [5.74, 6) is -2.07. The number of halogens is 1. The van der Waals surface area contributed by atoms with Gasteiger partial charge in [-0.3, -0.25) is 14.5 Å². The van der Waals surface area contributed by atoms with Crippen LogP contribution in [0.2, 0.25) is 5.02 Å². The minimum atomic E-state index is -0.832. The third-order valence-corrected chi connectivity index (χ3v) is 8.26. The highest BCUT2D eigenvalue weighted by Gasteiger charge is 2.54. The predicted molar refractivity (Wildman–Crippen MR) is 137 cm³/mol. The molecule has 1 aliphatic heterocycles. The molecule has 2 aromatic rings. The molecular formula is C27H30ClNO5S. The number of phenols is 1. The summed E-state index contributed by atoms with van der Waals surface area (Å²) in [6, 6.07) is 8.57. The van der Waals surface area contributed by atoms with Gasteiger partial charge < -0.3 is 15.3 Å². The Bertz CT molecular complexity index is 1170. The fraction of sp³-hybridized carbons (Fsp3) is 0.407. The summed E-state index contributed by atoms with van der Waals surface area (Å²) in [5, 5.41) is 33.3. The smallest absolute Gasteiger partial charge is 0.234 e. The summed E-state index contributed by atoms with van der Waals surface area (Å²) < 4.78 is 0. The third-order valence-electron chi connectivity index (χ3n) is 7.07. The molecule has 6 nitrogen and oxygen atoms in total. The van der Waals surface area contributed by atoms with Gasteiger partial charge >= 0.3 is 0 Å². The number of likely N-dealkylation sites (tertiary alicyclic amines) is 1. The van der Waals surface area contributed by atoms with Crippen LogP contribution in [0, 0.1) is 17.8 Å². The van der Waals surface area contributed by atoms with Crippen LogP contribution in [0.15, 0.2) is 52.4 Å². The van der Waals surface area contributed by atoms with Crippen LogP contribution in [0.5, 0.6) is 5.75 Å². The number of rotatable bonds is 8. The van der Waals surface area contributed by atoms with Crippen LogP contribution in [0.4, 0.5) is 0 Å². The van der Waals surface area contributed by atoms with Crippen LogP contribution in [0.1, 0.15) is 43.6 Å². The van der Waals surface area contributed by atoms with Crippen LogP contribution in [0.25, 0.3) is 6.08 Å². The van der Waals surface area contributed by atoms with Crippen molar-refractivity contribution in [3.8, 4) is 5.75 Å². The number of phenolic OH excluding ortho intramolecular Hbond substituents is 1. The zero-order chi connectivity index (χ0) is 25.3. The van der Waals surface area contributed by atoms with Crippen molar-refractivity contribution < 1.29 is 24.9 Å². The summed E-state index contributed by atoms with van der Waals surface area (Å²) in [5.41, 5.74) is 3.34. The largest absolute Gasteiger partial charge is 0.508 e. The van der Waals surface area contributed by atoms with Crippen LogP contribution in [-0.2, 0) is 16.1 Å². The molecule has 186 valence electrons. The number of nitrogens with zero attached hydrogens (tertiary/aromatic N) is 1. The molecule has 1 aliphatic carbocycles. The average molecular weight is 516 g/mol.